The van der Waals surface area contributed by atoms with Crippen LogP contribution in [0.3, 0.4) is 0 Å². The van der Waals surface area contributed by atoms with Crippen LogP contribution in [-0.4, -0.2) is 59.1 Å². The van der Waals surface area contributed by atoms with E-state index in [4.69, 9.17) is 14.2 Å². The van der Waals surface area contributed by atoms with Crippen molar-refractivity contribution in [2.45, 2.75) is 19.0 Å². The summed E-state index contributed by atoms with van der Waals surface area (Å²) in [5, 5.41) is 11.3. The molecule has 2 aromatic carbocycles. The Morgan fingerprint density at radius 3 is 2.46 bits per heavy atom. The first kappa shape index (κ1) is 23.9. The zero-order valence-corrected chi connectivity index (χ0v) is 19.8. The van der Waals surface area contributed by atoms with Crippen LogP contribution in [0.2, 0.25) is 0 Å². The van der Waals surface area contributed by atoms with Crippen LogP contribution >= 0.6 is 0 Å². The maximum Gasteiger partial charge on any atom is 0.295 e. The van der Waals surface area contributed by atoms with E-state index in [-0.39, 0.29) is 17.9 Å². The van der Waals surface area contributed by atoms with Gasteiger partial charge in [-0.2, -0.15) is 0 Å². The van der Waals surface area contributed by atoms with Crippen LogP contribution in [0.15, 0.2) is 66.8 Å². The molecular weight excluding hydrogens is 450 g/mol. The number of aliphatic hydroxyl groups excluding tert-OH is 1. The first-order valence-corrected chi connectivity index (χ1v) is 11.1. The number of aliphatic hydroxyl groups is 1. The van der Waals surface area contributed by atoms with Crippen LogP contribution in [0.1, 0.15) is 23.6 Å². The van der Waals surface area contributed by atoms with Gasteiger partial charge in [0.2, 0.25) is 0 Å². The van der Waals surface area contributed by atoms with Crippen molar-refractivity contribution in [2.75, 3.05) is 27.9 Å². The summed E-state index contributed by atoms with van der Waals surface area (Å²) < 4.78 is 18.1. The molecule has 1 aliphatic rings. The fraction of sp³-hybridized carbons (Fsp3) is 0.269. The molecule has 1 unspecified atom stereocenters. The van der Waals surface area contributed by atoms with E-state index in [9.17, 15) is 14.7 Å². The van der Waals surface area contributed by atoms with E-state index in [0.29, 0.717) is 41.3 Å². The lowest BCUT2D eigenvalue weighted by atomic mass is 9.94. The van der Waals surface area contributed by atoms with Crippen LogP contribution < -0.4 is 14.2 Å². The smallest absolute Gasteiger partial charge is 0.295 e. The molecule has 1 saturated heterocycles. The van der Waals surface area contributed by atoms with Gasteiger partial charge < -0.3 is 28.8 Å². The summed E-state index contributed by atoms with van der Waals surface area (Å²) in [4.78, 5) is 32.0. The highest BCUT2D eigenvalue weighted by Crippen LogP contribution is 2.44. The first-order chi connectivity index (χ1) is 17.0. The minimum absolute atomic E-state index is 0.0163. The predicted molar refractivity (Wildman–Crippen MR) is 128 cm³/mol. The molecule has 1 atom stereocenters. The monoisotopic (exact) mass is 477 g/mol. The highest BCUT2D eigenvalue weighted by atomic mass is 16.5. The van der Waals surface area contributed by atoms with Crippen molar-refractivity contribution in [3.05, 3.63) is 77.9 Å². The van der Waals surface area contributed by atoms with Crippen molar-refractivity contribution < 1.29 is 28.9 Å². The summed E-state index contributed by atoms with van der Waals surface area (Å²) in [6, 6.07) is 11.0. The number of carbonyl (C=O) groups excluding carboxylic acids is 2. The largest absolute Gasteiger partial charge is 0.507 e. The quantitative estimate of drug-likeness (QED) is 0.286. The third-order valence-corrected chi connectivity index (χ3v) is 5.99. The van der Waals surface area contributed by atoms with Gasteiger partial charge in [0, 0.05) is 36.6 Å². The number of aryl methyl sites for hydroxylation is 1. The molecule has 9 heteroatoms. The minimum Gasteiger partial charge on any atom is -0.507 e. The number of ether oxygens (including phenoxy) is 3. The number of nitrogens with zero attached hydrogens (tertiary/aromatic N) is 3. The number of likely N-dealkylation sites (tertiary alicyclic amines) is 1. The molecule has 0 spiro atoms. The number of carbonyl (C=O) groups is 2. The van der Waals surface area contributed by atoms with E-state index in [1.807, 2.05) is 10.8 Å². The minimum atomic E-state index is -0.867. The Hall–Kier alpha value is -4.27. The summed E-state index contributed by atoms with van der Waals surface area (Å²) in [6.45, 7) is 0.892. The summed E-state index contributed by atoms with van der Waals surface area (Å²) in [6.07, 6.45) is 5.78. The molecule has 35 heavy (non-hydrogen) atoms. The number of Topliss-reactive ketones (excluding diaryl/α,β-unsaturated/α-hetero) is 1. The van der Waals surface area contributed by atoms with Gasteiger partial charge in [-0.15, -0.1) is 0 Å². The fourth-order valence-electron chi connectivity index (χ4n) is 4.26. The SMILES string of the molecule is COc1cccc(/C(O)=C2\C(=O)C(=O)N(CCCn3ccnc3)C2c2cc(OC)ccc2OC)c1. The number of aromatic nitrogens is 2. The molecule has 1 fully saturated rings. The number of hydrogen-bond acceptors (Lipinski definition) is 7. The van der Waals surface area contributed by atoms with Crippen molar-refractivity contribution in [1.82, 2.24) is 14.5 Å². The van der Waals surface area contributed by atoms with E-state index in [1.165, 1.54) is 26.2 Å². The third kappa shape index (κ3) is 4.70. The molecule has 1 N–H and O–H groups in total. The lowest BCUT2D eigenvalue weighted by molar-refractivity contribution is -0.140. The zero-order valence-electron chi connectivity index (χ0n) is 19.8. The summed E-state index contributed by atoms with van der Waals surface area (Å²) in [5.41, 5.74) is 0.892. The average Bonchev–Trinajstić information content (AvgIpc) is 3.50. The van der Waals surface area contributed by atoms with Gasteiger partial charge in [-0.3, -0.25) is 9.59 Å². The van der Waals surface area contributed by atoms with Crippen LogP contribution in [0.25, 0.3) is 5.76 Å². The van der Waals surface area contributed by atoms with Gasteiger partial charge >= 0.3 is 0 Å². The molecule has 9 nitrogen and oxygen atoms in total. The molecule has 182 valence electrons. The number of benzene rings is 2. The maximum absolute atomic E-state index is 13.3. The number of amides is 1. The second-order valence-electron chi connectivity index (χ2n) is 7.99. The standard InChI is InChI=1S/C26H27N3O6/c1-33-18-7-4-6-17(14-18)24(30)22-23(20-15-19(34-2)8-9-21(20)35-3)29(26(32)25(22)31)12-5-11-28-13-10-27-16-28/h4,6-10,13-16,23,30H,5,11-12H2,1-3H3/b24-22+. The van der Waals surface area contributed by atoms with Crippen molar-refractivity contribution in [3.63, 3.8) is 0 Å². The van der Waals surface area contributed by atoms with E-state index in [0.717, 1.165) is 0 Å². The predicted octanol–water partition coefficient (Wildman–Crippen LogP) is 3.42. The van der Waals surface area contributed by atoms with Crippen molar-refractivity contribution in [1.29, 1.82) is 0 Å². The van der Waals surface area contributed by atoms with Crippen LogP contribution in [-0.2, 0) is 16.1 Å². The number of hydrogen-bond donors (Lipinski definition) is 1. The second kappa shape index (κ2) is 10.3. The highest BCUT2D eigenvalue weighted by molar-refractivity contribution is 6.46. The van der Waals surface area contributed by atoms with Gasteiger partial charge in [0.05, 0.1) is 39.3 Å². The van der Waals surface area contributed by atoms with Crippen LogP contribution in [0.5, 0.6) is 17.2 Å². The summed E-state index contributed by atoms with van der Waals surface area (Å²) in [5.74, 6) is -0.217. The van der Waals surface area contributed by atoms with E-state index < -0.39 is 17.7 Å². The van der Waals surface area contributed by atoms with Crippen molar-refractivity contribution in [3.8, 4) is 17.2 Å². The molecule has 3 aromatic rings. The summed E-state index contributed by atoms with van der Waals surface area (Å²) in [7, 11) is 4.56. The number of methoxy groups -OCH3 is 3. The number of rotatable bonds is 9. The lowest BCUT2D eigenvalue weighted by Gasteiger charge is -2.27. The van der Waals surface area contributed by atoms with Gasteiger partial charge in [-0.05, 0) is 36.8 Å². The Morgan fingerprint density at radius 2 is 1.77 bits per heavy atom. The summed E-state index contributed by atoms with van der Waals surface area (Å²) >= 11 is 0. The molecule has 1 aliphatic heterocycles. The molecule has 1 amide bonds. The number of imidazole rings is 1. The van der Waals surface area contributed by atoms with Gasteiger partial charge in [0.25, 0.3) is 11.7 Å². The van der Waals surface area contributed by atoms with Gasteiger partial charge in [-0.1, -0.05) is 12.1 Å². The van der Waals surface area contributed by atoms with Crippen molar-refractivity contribution in [2.24, 2.45) is 0 Å². The Balaban J connectivity index is 1.82. The molecular formula is C26H27N3O6. The molecule has 1 aromatic heterocycles. The molecule has 2 heterocycles. The van der Waals surface area contributed by atoms with Gasteiger partial charge in [-0.25, -0.2) is 4.98 Å². The third-order valence-electron chi connectivity index (χ3n) is 5.99. The lowest BCUT2D eigenvalue weighted by Crippen LogP contribution is -2.31. The van der Waals surface area contributed by atoms with Gasteiger partial charge in [0.1, 0.15) is 23.0 Å². The Labute approximate surface area is 203 Å². The van der Waals surface area contributed by atoms with Crippen molar-refractivity contribution >= 4 is 17.4 Å². The van der Waals surface area contributed by atoms with E-state index in [2.05, 4.69) is 4.98 Å². The van der Waals surface area contributed by atoms with E-state index in [1.54, 1.807) is 55.0 Å². The van der Waals surface area contributed by atoms with Gasteiger partial charge in [0.15, 0.2) is 0 Å². The van der Waals surface area contributed by atoms with Crippen LogP contribution in [0, 0.1) is 0 Å². The Kier molecular flexibility index (Phi) is 7.05. The molecule has 4 rings (SSSR count). The zero-order chi connectivity index (χ0) is 24.9. The first-order valence-electron chi connectivity index (χ1n) is 11.1. The molecule has 0 bridgehead atoms. The highest BCUT2D eigenvalue weighted by Gasteiger charge is 2.47. The number of ketones is 1. The maximum atomic E-state index is 13.3. The van der Waals surface area contributed by atoms with Crippen LogP contribution in [0.4, 0.5) is 0 Å². The second-order valence-corrected chi connectivity index (χ2v) is 7.99. The Morgan fingerprint density at radius 1 is 1.00 bits per heavy atom. The van der Waals surface area contributed by atoms with E-state index >= 15 is 0 Å². The topological polar surface area (TPSA) is 103 Å². The Bertz CT molecular complexity index is 1250. The fourth-order valence-corrected chi connectivity index (χ4v) is 4.26. The molecule has 0 saturated carbocycles. The average molecular weight is 478 g/mol. The molecule has 0 aliphatic carbocycles. The normalized spacial score (nSPS) is 17.0. The molecule has 0 radical (unpaired) electrons.